The first-order valence-corrected chi connectivity index (χ1v) is 6.88. The van der Waals surface area contributed by atoms with Crippen LogP contribution in [0.3, 0.4) is 0 Å². The van der Waals surface area contributed by atoms with Crippen molar-refractivity contribution in [3.63, 3.8) is 0 Å². The number of rotatable bonds is 4. The molecule has 1 unspecified atom stereocenters. The zero-order valence-corrected chi connectivity index (χ0v) is 11.2. The summed E-state index contributed by atoms with van der Waals surface area (Å²) in [4.78, 5) is 11.6. The normalized spacial score (nSPS) is 18.6. The van der Waals surface area contributed by atoms with Crippen LogP contribution in [-0.4, -0.2) is 25.2 Å². The minimum absolute atomic E-state index is 0.0281. The van der Waals surface area contributed by atoms with E-state index in [2.05, 4.69) is 16.0 Å². The fourth-order valence-electron chi connectivity index (χ4n) is 2.29. The predicted octanol–water partition coefficient (Wildman–Crippen LogP) is 2.62. The van der Waals surface area contributed by atoms with Crippen molar-refractivity contribution >= 4 is 11.7 Å². The number of nitrogens with one attached hydrogen (secondary N) is 3. The monoisotopic (exact) mass is 283 g/mol. The molecule has 1 aromatic rings. The van der Waals surface area contributed by atoms with Crippen molar-refractivity contribution in [2.24, 2.45) is 0 Å². The molecule has 20 heavy (non-hydrogen) atoms. The molecule has 2 amide bonds. The summed E-state index contributed by atoms with van der Waals surface area (Å²) >= 11 is 0. The first kappa shape index (κ1) is 14.7. The molecule has 0 bridgehead atoms. The highest BCUT2D eigenvalue weighted by atomic mass is 19.1. The standard InChI is InChI=1S/C14H19F2N3O/c15-10-4-5-13(12(16)9-10)19-14(20)18-8-6-11-3-1-2-7-17-11/h4-5,9,11,17H,1-3,6-8H2,(H2,18,19,20). The first-order valence-electron chi connectivity index (χ1n) is 6.88. The third kappa shape index (κ3) is 4.45. The SMILES string of the molecule is O=C(NCCC1CCCCN1)Nc1ccc(F)cc1F. The van der Waals surface area contributed by atoms with Crippen LogP contribution in [0.5, 0.6) is 0 Å². The Bertz CT molecular complexity index is 462. The molecular weight excluding hydrogens is 264 g/mol. The van der Waals surface area contributed by atoms with Gasteiger partial charge in [-0.2, -0.15) is 0 Å². The molecule has 1 heterocycles. The molecule has 1 aromatic carbocycles. The highest BCUT2D eigenvalue weighted by Gasteiger charge is 2.12. The average molecular weight is 283 g/mol. The Balaban J connectivity index is 1.72. The molecule has 6 heteroatoms. The Morgan fingerprint density at radius 3 is 2.90 bits per heavy atom. The van der Waals surface area contributed by atoms with Gasteiger partial charge in [0.05, 0.1) is 5.69 Å². The second-order valence-corrected chi connectivity index (χ2v) is 4.94. The number of carbonyl (C=O) groups excluding carboxylic acids is 1. The minimum Gasteiger partial charge on any atom is -0.338 e. The molecule has 1 atom stereocenters. The van der Waals surface area contributed by atoms with Crippen LogP contribution >= 0.6 is 0 Å². The summed E-state index contributed by atoms with van der Waals surface area (Å²) < 4.78 is 26.0. The summed E-state index contributed by atoms with van der Waals surface area (Å²) in [6.45, 7) is 1.55. The maximum Gasteiger partial charge on any atom is 0.319 e. The van der Waals surface area contributed by atoms with Crippen molar-refractivity contribution in [3.05, 3.63) is 29.8 Å². The maximum atomic E-state index is 13.3. The summed E-state index contributed by atoms with van der Waals surface area (Å²) in [5, 5.41) is 8.42. The Hall–Kier alpha value is -1.69. The molecule has 1 aliphatic heterocycles. The van der Waals surface area contributed by atoms with E-state index in [0.717, 1.165) is 31.5 Å². The van der Waals surface area contributed by atoms with Gasteiger partial charge in [-0.05, 0) is 37.9 Å². The van der Waals surface area contributed by atoms with Gasteiger partial charge in [-0.3, -0.25) is 0 Å². The van der Waals surface area contributed by atoms with Crippen molar-refractivity contribution in [3.8, 4) is 0 Å². The lowest BCUT2D eigenvalue weighted by molar-refractivity contribution is 0.251. The third-order valence-corrected chi connectivity index (χ3v) is 3.37. The van der Waals surface area contributed by atoms with Gasteiger partial charge in [0.1, 0.15) is 11.6 Å². The van der Waals surface area contributed by atoms with E-state index < -0.39 is 17.7 Å². The number of hydrogen-bond donors (Lipinski definition) is 3. The zero-order chi connectivity index (χ0) is 14.4. The van der Waals surface area contributed by atoms with Crippen molar-refractivity contribution in [2.45, 2.75) is 31.7 Å². The lowest BCUT2D eigenvalue weighted by Gasteiger charge is -2.23. The van der Waals surface area contributed by atoms with Crippen LogP contribution in [0.25, 0.3) is 0 Å². The zero-order valence-electron chi connectivity index (χ0n) is 11.2. The maximum absolute atomic E-state index is 13.3. The van der Waals surface area contributed by atoms with Crippen LogP contribution in [0, 0.1) is 11.6 Å². The highest BCUT2D eigenvalue weighted by Crippen LogP contribution is 2.14. The van der Waals surface area contributed by atoms with Gasteiger partial charge < -0.3 is 16.0 Å². The highest BCUT2D eigenvalue weighted by molar-refractivity contribution is 5.89. The van der Waals surface area contributed by atoms with Gasteiger partial charge in [0, 0.05) is 18.7 Å². The van der Waals surface area contributed by atoms with Gasteiger partial charge >= 0.3 is 6.03 Å². The largest absolute Gasteiger partial charge is 0.338 e. The lowest BCUT2D eigenvalue weighted by atomic mass is 10.0. The van der Waals surface area contributed by atoms with Gasteiger partial charge in [0.15, 0.2) is 0 Å². The van der Waals surface area contributed by atoms with Crippen LogP contribution in [0.2, 0.25) is 0 Å². The number of benzene rings is 1. The van der Waals surface area contributed by atoms with E-state index in [1.165, 1.54) is 18.9 Å². The second-order valence-electron chi connectivity index (χ2n) is 4.94. The number of halogens is 2. The molecule has 0 aromatic heterocycles. The summed E-state index contributed by atoms with van der Waals surface area (Å²) in [6, 6.07) is 3.00. The van der Waals surface area contributed by atoms with Crippen LogP contribution in [0.15, 0.2) is 18.2 Å². The molecule has 2 rings (SSSR count). The number of carbonyl (C=O) groups is 1. The fourth-order valence-corrected chi connectivity index (χ4v) is 2.29. The molecule has 3 N–H and O–H groups in total. The Labute approximate surface area is 116 Å². The van der Waals surface area contributed by atoms with Gasteiger partial charge in [-0.15, -0.1) is 0 Å². The molecule has 1 fully saturated rings. The topological polar surface area (TPSA) is 53.2 Å². The minimum atomic E-state index is -0.783. The molecule has 0 aliphatic carbocycles. The molecule has 1 saturated heterocycles. The van der Waals surface area contributed by atoms with E-state index in [4.69, 9.17) is 0 Å². The van der Waals surface area contributed by atoms with E-state index in [1.807, 2.05) is 0 Å². The predicted molar refractivity (Wildman–Crippen MR) is 73.6 cm³/mol. The molecule has 0 spiro atoms. The smallest absolute Gasteiger partial charge is 0.319 e. The van der Waals surface area contributed by atoms with Crippen molar-refractivity contribution in [1.82, 2.24) is 10.6 Å². The number of hydrogen-bond acceptors (Lipinski definition) is 2. The van der Waals surface area contributed by atoms with Crippen molar-refractivity contribution in [1.29, 1.82) is 0 Å². The number of piperidine rings is 1. The molecule has 110 valence electrons. The second kappa shape index (κ2) is 7.19. The van der Waals surface area contributed by atoms with E-state index in [-0.39, 0.29) is 5.69 Å². The van der Waals surface area contributed by atoms with E-state index in [9.17, 15) is 13.6 Å². The molecular formula is C14H19F2N3O. The number of amides is 2. The Kier molecular flexibility index (Phi) is 5.29. The summed E-state index contributed by atoms with van der Waals surface area (Å²) in [6.07, 6.45) is 4.38. The van der Waals surface area contributed by atoms with E-state index in [1.54, 1.807) is 0 Å². The Morgan fingerprint density at radius 2 is 2.20 bits per heavy atom. The summed E-state index contributed by atoms with van der Waals surface area (Å²) in [5.41, 5.74) is -0.0281. The lowest BCUT2D eigenvalue weighted by Crippen LogP contribution is -2.38. The average Bonchev–Trinajstić information content (AvgIpc) is 2.43. The van der Waals surface area contributed by atoms with Crippen LogP contribution in [0.1, 0.15) is 25.7 Å². The molecule has 0 saturated carbocycles. The summed E-state index contributed by atoms with van der Waals surface area (Å²) in [7, 11) is 0. The van der Waals surface area contributed by atoms with Crippen LogP contribution < -0.4 is 16.0 Å². The van der Waals surface area contributed by atoms with Gasteiger partial charge in [0.25, 0.3) is 0 Å². The molecule has 0 radical (unpaired) electrons. The molecule has 1 aliphatic rings. The van der Waals surface area contributed by atoms with Gasteiger partial charge in [0.2, 0.25) is 0 Å². The third-order valence-electron chi connectivity index (χ3n) is 3.37. The quantitative estimate of drug-likeness (QED) is 0.795. The van der Waals surface area contributed by atoms with E-state index >= 15 is 0 Å². The van der Waals surface area contributed by atoms with Crippen molar-refractivity contribution in [2.75, 3.05) is 18.4 Å². The molecule has 4 nitrogen and oxygen atoms in total. The van der Waals surface area contributed by atoms with Crippen LogP contribution in [-0.2, 0) is 0 Å². The number of urea groups is 1. The van der Waals surface area contributed by atoms with Crippen LogP contribution in [0.4, 0.5) is 19.3 Å². The van der Waals surface area contributed by atoms with Gasteiger partial charge in [-0.25, -0.2) is 13.6 Å². The van der Waals surface area contributed by atoms with Gasteiger partial charge in [-0.1, -0.05) is 6.42 Å². The Morgan fingerprint density at radius 1 is 1.35 bits per heavy atom. The fraction of sp³-hybridized carbons (Fsp3) is 0.500. The number of anilines is 1. The summed E-state index contributed by atoms with van der Waals surface area (Å²) in [5.74, 6) is -1.45. The van der Waals surface area contributed by atoms with Crippen molar-refractivity contribution < 1.29 is 13.6 Å². The van der Waals surface area contributed by atoms with E-state index in [0.29, 0.717) is 12.6 Å². The first-order chi connectivity index (χ1) is 9.65.